The van der Waals surface area contributed by atoms with Crippen LogP contribution >= 0.6 is 45.2 Å². The van der Waals surface area contributed by atoms with E-state index in [0.29, 0.717) is 0 Å². The third kappa shape index (κ3) is 7.11. The van der Waals surface area contributed by atoms with Crippen LogP contribution in [0.2, 0.25) is 0 Å². The molecule has 3 rings (SSSR count). The fraction of sp³-hybridized carbons (Fsp3) is 0.267. The van der Waals surface area contributed by atoms with Crippen LogP contribution in [0.4, 0.5) is 11.4 Å². The number of benzene rings is 3. The molecule has 0 bridgehead atoms. The number of nitrogens with zero attached hydrogens (tertiary/aromatic N) is 2. The minimum atomic E-state index is 1.03. The third-order valence-corrected chi connectivity index (χ3v) is 8.90. The van der Waals surface area contributed by atoms with Crippen molar-refractivity contribution in [3.05, 3.63) is 90.1 Å². The SMILES string of the molecule is CCN(CC)c1ccc(/C=C/c2cc(I)c(I)cc2/C=C/c2ccc(N(CC)CC)cc2)cc1. The molecule has 2 nitrogen and oxygen atoms in total. The first-order valence-electron chi connectivity index (χ1n) is 12.0. The summed E-state index contributed by atoms with van der Waals surface area (Å²) in [7, 11) is 0. The lowest BCUT2D eigenvalue weighted by Gasteiger charge is -2.20. The molecule has 0 aliphatic rings. The first kappa shape index (κ1) is 26.8. The summed E-state index contributed by atoms with van der Waals surface area (Å²) in [6.45, 7) is 12.9. The topological polar surface area (TPSA) is 6.48 Å². The molecular weight excluding hydrogens is 642 g/mol. The van der Waals surface area contributed by atoms with Crippen molar-refractivity contribution >= 4 is 80.9 Å². The molecule has 0 fully saturated rings. The van der Waals surface area contributed by atoms with E-state index >= 15 is 0 Å². The molecule has 0 heterocycles. The normalized spacial score (nSPS) is 11.5. The van der Waals surface area contributed by atoms with Gasteiger partial charge in [-0.1, -0.05) is 48.6 Å². The average Bonchev–Trinajstić information content (AvgIpc) is 2.86. The molecule has 0 aromatic heterocycles. The van der Waals surface area contributed by atoms with Crippen molar-refractivity contribution in [3.8, 4) is 0 Å². The summed E-state index contributed by atoms with van der Waals surface area (Å²) in [6.07, 6.45) is 8.88. The van der Waals surface area contributed by atoms with Crippen molar-refractivity contribution in [2.45, 2.75) is 27.7 Å². The third-order valence-electron chi connectivity index (χ3n) is 6.08. The molecule has 178 valence electrons. The maximum atomic E-state index is 2.42. The summed E-state index contributed by atoms with van der Waals surface area (Å²) in [4.78, 5) is 4.74. The van der Waals surface area contributed by atoms with Gasteiger partial charge < -0.3 is 9.80 Å². The minimum Gasteiger partial charge on any atom is -0.372 e. The van der Waals surface area contributed by atoms with E-state index in [1.807, 2.05) is 0 Å². The summed E-state index contributed by atoms with van der Waals surface area (Å²) < 4.78 is 2.55. The molecule has 0 N–H and O–H groups in total. The molecule has 0 spiro atoms. The summed E-state index contributed by atoms with van der Waals surface area (Å²) in [5.41, 5.74) is 7.45. The zero-order valence-corrected chi connectivity index (χ0v) is 24.9. The second-order valence-corrected chi connectivity index (χ2v) is 10.4. The van der Waals surface area contributed by atoms with E-state index in [9.17, 15) is 0 Å². The lowest BCUT2D eigenvalue weighted by Crippen LogP contribution is -2.21. The van der Waals surface area contributed by atoms with Crippen molar-refractivity contribution in [1.82, 2.24) is 0 Å². The number of hydrogen-bond acceptors (Lipinski definition) is 2. The van der Waals surface area contributed by atoms with Gasteiger partial charge in [0.2, 0.25) is 0 Å². The Hall–Kier alpha value is -1.80. The highest BCUT2D eigenvalue weighted by Crippen LogP contribution is 2.25. The first-order valence-corrected chi connectivity index (χ1v) is 14.2. The van der Waals surface area contributed by atoms with Gasteiger partial charge in [0.25, 0.3) is 0 Å². The predicted octanol–water partition coefficient (Wildman–Crippen LogP) is 8.93. The monoisotopic (exact) mass is 676 g/mol. The smallest absolute Gasteiger partial charge is 0.0366 e. The summed E-state index contributed by atoms with van der Waals surface area (Å²) in [5, 5.41) is 0. The van der Waals surface area contributed by atoms with Gasteiger partial charge in [-0.3, -0.25) is 0 Å². The Balaban J connectivity index is 1.82. The lowest BCUT2D eigenvalue weighted by molar-refractivity contribution is 0.866. The van der Waals surface area contributed by atoms with Crippen molar-refractivity contribution in [2.24, 2.45) is 0 Å². The van der Waals surface area contributed by atoms with Gasteiger partial charge in [-0.25, -0.2) is 0 Å². The van der Waals surface area contributed by atoms with Gasteiger partial charge in [-0.2, -0.15) is 0 Å². The van der Waals surface area contributed by atoms with Gasteiger partial charge in [0.15, 0.2) is 0 Å². The van der Waals surface area contributed by atoms with Crippen molar-refractivity contribution in [2.75, 3.05) is 36.0 Å². The highest BCUT2D eigenvalue weighted by atomic mass is 127. The van der Waals surface area contributed by atoms with E-state index in [4.69, 9.17) is 0 Å². The van der Waals surface area contributed by atoms with Crippen molar-refractivity contribution in [3.63, 3.8) is 0 Å². The van der Waals surface area contributed by atoms with Crippen LogP contribution in [-0.4, -0.2) is 26.2 Å². The van der Waals surface area contributed by atoms with Crippen LogP contribution < -0.4 is 9.80 Å². The Morgan fingerprint density at radius 1 is 0.529 bits per heavy atom. The van der Waals surface area contributed by atoms with Gasteiger partial charge in [-0.15, -0.1) is 0 Å². The predicted molar refractivity (Wildman–Crippen MR) is 170 cm³/mol. The molecule has 3 aromatic rings. The second kappa shape index (κ2) is 13.3. The van der Waals surface area contributed by atoms with Crippen LogP contribution in [-0.2, 0) is 0 Å². The number of rotatable bonds is 10. The van der Waals surface area contributed by atoms with E-state index in [1.54, 1.807) is 0 Å². The van der Waals surface area contributed by atoms with Gasteiger partial charge in [0, 0.05) is 44.7 Å². The van der Waals surface area contributed by atoms with Gasteiger partial charge >= 0.3 is 0 Å². The molecule has 0 saturated heterocycles. The minimum absolute atomic E-state index is 1.03. The maximum absolute atomic E-state index is 2.42. The fourth-order valence-corrected chi connectivity index (χ4v) is 4.99. The molecule has 34 heavy (non-hydrogen) atoms. The number of anilines is 2. The quantitative estimate of drug-likeness (QED) is 0.156. The average molecular weight is 676 g/mol. The lowest BCUT2D eigenvalue weighted by atomic mass is 10.0. The molecule has 0 aliphatic carbocycles. The summed E-state index contributed by atoms with van der Waals surface area (Å²) in [6, 6.07) is 22.2. The fourth-order valence-electron chi connectivity index (χ4n) is 4.01. The van der Waals surface area contributed by atoms with Crippen LogP contribution in [0.25, 0.3) is 24.3 Å². The van der Waals surface area contributed by atoms with E-state index in [1.165, 1.54) is 40.8 Å². The zero-order valence-electron chi connectivity index (χ0n) is 20.6. The first-order chi connectivity index (χ1) is 16.5. The van der Waals surface area contributed by atoms with E-state index in [2.05, 4.69) is 168 Å². The Labute approximate surface area is 233 Å². The highest BCUT2D eigenvalue weighted by Gasteiger charge is 2.05. The van der Waals surface area contributed by atoms with E-state index in [0.717, 1.165) is 26.2 Å². The molecule has 0 aliphatic heterocycles. The van der Waals surface area contributed by atoms with Gasteiger partial charge in [0.05, 0.1) is 0 Å². The van der Waals surface area contributed by atoms with Crippen molar-refractivity contribution in [1.29, 1.82) is 0 Å². The van der Waals surface area contributed by atoms with E-state index in [-0.39, 0.29) is 0 Å². The van der Waals surface area contributed by atoms with Crippen LogP contribution in [0.5, 0.6) is 0 Å². The molecule has 0 unspecified atom stereocenters. The number of halogens is 2. The Morgan fingerprint density at radius 2 is 0.853 bits per heavy atom. The molecule has 0 atom stereocenters. The van der Waals surface area contributed by atoms with Crippen molar-refractivity contribution < 1.29 is 0 Å². The zero-order chi connectivity index (χ0) is 24.5. The van der Waals surface area contributed by atoms with Crippen LogP contribution in [0, 0.1) is 7.14 Å². The largest absolute Gasteiger partial charge is 0.372 e. The molecule has 0 saturated carbocycles. The molecule has 4 heteroatoms. The van der Waals surface area contributed by atoms with Crippen LogP contribution in [0.3, 0.4) is 0 Å². The van der Waals surface area contributed by atoms with E-state index < -0.39 is 0 Å². The van der Waals surface area contributed by atoms with Gasteiger partial charge in [-0.05, 0) is 132 Å². The standard InChI is InChI=1S/C30H34I2N2/c1-5-33(6-2)27-17-11-23(12-18-27)9-15-25-21-29(31)30(32)22-26(25)16-10-24-13-19-28(20-14-24)34(7-3)8-4/h9-22H,5-8H2,1-4H3/b15-9+,16-10+. The Morgan fingerprint density at radius 3 is 1.15 bits per heavy atom. The summed E-state index contributed by atoms with van der Waals surface area (Å²) >= 11 is 4.84. The molecule has 0 radical (unpaired) electrons. The highest BCUT2D eigenvalue weighted by molar-refractivity contribution is 14.1. The maximum Gasteiger partial charge on any atom is 0.0366 e. The Kier molecular flexibility index (Phi) is 10.5. The molecular formula is C30H34I2N2. The molecule has 0 amide bonds. The molecule has 3 aromatic carbocycles. The Bertz CT molecular complexity index is 1020. The number of hydrogen-bond donors (Lipinski definition) is 0. The van der Waals surface area contributed by atoms with Crippen LogP contribution in [0.15, 0.2) is 60.7 Å². The summed E-state index contributed by atoms with van der Waals surface area (Å²) in [5.74, 6) is 0. The van der Waals surface area contributed by atoms with Crippen LogP contribution in [0.1, 0.15) is 49.9 Å². The van der Waals surface area contributed by atoms with Gasteiger partial charge in [0.1, 0.15) is 0 Å². The second-order valence-electron chi connectivity index (χ2n) is 8.09.